The summed E-state index contributed by atoms with van der Waals surface area (Å²) >= 11 is 8.11. The van der Waals surface area contributed by atoms with Gasteiger partial charge in [-0.2, -0.15) is 8.42 Å². The number of aliphatic hydroxyl groups excluding tert-OH is 1. The molecule has 0 aliphatic carbocycles. The van der Waals surface area contributed by atoms with Gasteiger partial charge in [0.2, 0.25) is 0 Å². The Labute approximate surface area is 202 Å². The summed E-state index contributed by atoms with van der Waals surface area (Å²) in [5.41, 5.74) is 1.87. The standard InChI is InChI=1S/C21H24N2O5S4/c1-15(14-18-20(25)23(10-4-12-24)21(29)31-18)8-9-19-22(11-5-13-32(26,27)28)16-6-2-3-7-17(16)30-19/h2-3,6-9,14,24H,4-5,10-13H2,1H3,(H,26,27,28)/b15-8+,18-14+,19-9-. The summed E-state index contributed by atoms with van der Waals surface area (Å²) in [6.07, 6.45) is 6.42. The van der Waals surface area contributed by atoms with Crippen molar-refractivity contribution in [2.24, 2.45) is 0 Å². The first-order chi connectivity index (χ1) is 15.2. The fraction of sp³-hybridized carbons (Fsp3) is 0.333. The van der Waals surface area contributed by atoms with Gasteiger partial charge in [0.25, 0.3) is 16.0 Å². The first-order valence-corrected chi connectivity index (χ1v) is 13.6. The van der Waals surface area contributed by atoms with E-state index in [1.165, 1.54) is 16.7 Å². The molecular formula is C21H24N2O5S4. The molecule has 1 saturated heterocycles. The lowest BCUT2D eigenvalue weighted by atomic mass is 10.2. The number of carbonyl (C=O) groups is 1. The van der Waals surface area contributed by atoms with Crippen LogP contribution in [-0.2, 0) is 14.9 Å². The SMILES string of the molecule is CC(=C\C=C1/Sc2ccccc2N1CCCS(=O)(=O)O)/C=C1/SC(=S)N(CCCO)C1=O. The highest BCUT2D eigenvalue weighted by atomic mass is 32.2. The van der Waals surface area contributed by atoms with E-state index in [1.54, 1.807) is 17.8 Å². The first-order valence-electron chi connectivity index (χ1n) is 9.94. The van der Waals surface area contributed by atoms with Gasteiger partial charge in [0.15, 0.2) is 0 Å². The Morgan fingerprint density at radius 2 is 1.88 bits per heavy atom. The summed E-state index contributed by atoms with van der Waals surface area (Å²) in [6, 6.07) is 7.86. The molecule has 1 fully saturated rings. The van der Waals surface area contributed by atoms with Crippen molar-refractivity contribution in [1.29, 1.82) is 0 Å². The van der Waals surface area contributed by atoms with Gasteiger partial charge < -0.3 is 10.0 Å². The topological polar surface area (TPSA) is 98.2 Å². The molecule has 0 spiro atoms. The molecule has 0 unspecified atom stereocenters. The van der Waals surface area contributed by atoms with E-state index in [2.05, 4.69) is 0 Å². The van der Waals surface area contributed by atoms with E-state index < -0.39 is 10.1 Å². The Morgan fingerprint density at radius 1 is 1.16 bits per heavy atom. The summed E-state index contributed by atoms with van der Waals surface area (Å²) in [7, 11) is -4.01. The number of benzene rings is 1. The molecule has 0 bridgehead atoms. The van der Waals surface area contributed by atoms with Crippen molar-refractivity contribution < 1.29 is 22.9 Å². The number of rotatable bonds is 9. The predicted molar refractivity (Wildman–Crippen MR) is 134 cm³/mol. The molecule has 0 aromatic heterocycles. The maximum Gasteiger partial charge on any atom is 0.266 e. The number of hydrogen-bond donors (Lipinski definition) is 2. The summed E-state index contributed by atoms with van der Waals surface area (Å²) in [5, 5.41) is 9.93. The van der Waals surface area contributed by atoms with Crippen LogP contribution in [0.1, 0.15) is 19.8 Å². The number of nitrogens with zero attached hydrogens (tertiary/aromatic N) is 2. The zero-order valence-electron chi connectivity index (χ0n) is 17.4. The molecular weight excluding hydrogens is 489 g/mol. The highest BCUT2D eigenvalue weighted by Crippen LogP contribution is 2.45. The Balaban J connectivity index is 1.76. The summed E-state index contributed by atoms with van der Waals surface area (Å²) < 4.78 is 31.7. The highest BCUT2D eigenvalue weighted by molar-refractivity contribution is 8.26. The minimum atomic E-state index is -4.01. The van der Waals surface area contributed by atoms with Gasteiger partial charge in [0.1, 0.15) is 4.32 Å². The van der Waals surface area contributed by atoms with Crippen LogP contribution in [0.2, 0.25) is 0 Å². The van der Waals surface area contributed by atoms with Gasteiger partial charge in [-0.05, 0) is 49.6 Å². The zero-order valence-corrected chi connectivity index (χ0v) is 20.7. The molecule has 3 rings (SSSR count). The molecule has 172 valence electrons. The van der Waals surface area contributed by atoms with Crippen molar-refractivity contribution in [3.05, 3.63) is 58.0 Å². The minimum Gasteiger partial charge on any atom is -0.396 e. The van der Waals surface area contributed by atoms with E-state index in [9.17, 15) is 13.2 Å². The number of aliphatic hydroxyl groups is 1. The van der Waals surface area contributed by atoms with Gasteiger partial charge >= 0.3 is 0 Å². The molecule has 2 heterocycles. The molecule has 2 aliphatic heterocycles. The quantitative estimate of drug-likeness (QED) is 0.291. The Morgan fingerprint density at radius 3 is 2.59 bits per heavy atom. The Hall–Kier alpha value is -1.63. The third kappa shape index (κ3) is 6.46. The molecule has 0 radical (unpaired) electrons. The van der Waals surface area contributed by atoms with Crippen LogP contribution in [0.5, 0.6) is 0 Å². The molecule has 11 heteroatoms. The Kier molecular flexibility index (Phi) is 8.59. The van der Waals surface area contributed by atoms with Crippen LogP contribution in [0.3, 0.4) is 0 Å². The van der Waals surface area contributed by atoms with E-state index >= 15 is 0 Å². The van der Waals surface area contributed by atoms with Crippen molar-refractivity contribution >= 4 is 61.8 Å². The lowest BCUT2D eigenvalue weighted by Crippen LogP contribution is -2.29. The molecule has 1 aromatic carbocycles. The van der Waals surface area contributed by atoms with E-state index in [1.807, 2.05) is 48.2 Å². The van der Waals surface area contributed by atoms with Crippen LogP contribution >= 0.6 is 35.7 Å². The molecule has 7 nitrogen and oxygen atoms in total. The second kappa shape index (κ2) is 11.0. The highest BCUT2D eigenvalue weighted by Gasteiger charge is 2.31. The van der Waals surface area contributed by atoms with Crippen LogP contribution in [0.4, 0.5) is 5.69 Å². The first kappa shape index (κ1) is 25.0. The third-order valence-corrected chi connectivity index (χ3v) is 7.99. The third-order valence-electron chi connectivity index (χ3n) is 4.68. The number of anilines is 1. The average molecular weight is 513 g/mol. The van der Waals surface area contributed by atoms with Gasteiger partial charge in [-0.1, -0.05) is 54.0 Å². The van der Waals surface area contributed by atoms with E-state index in [-0.39, 0.29) is 18.3 Å². The van der Waals surface area contributed by atoms with E-state index in [0.29, 0.717) is 35.2 Å². The molecule has 2 aliphatic rings. The monoisotopic (exact) mass is 512 g/mol. The van der Waals surface area contributed by atoms with Crippen molar-refractivity contribution in [2.45, 2.75) is 24.7 Å². The molecule has 2 N–H and O–H groups in total. The van der Waals surface area contributed by atoms with Gasteiger partial charge in [0.05, 0.1) is 21.4 Å². The fourth-order valence-corrected chi connectivity index (χ4v) is 6.13. The normalized spacial score (nSPS) is 19.5. The molecule has 1 aromatic rings. The maximum absolute atomic E-state index is 12.6. The number of para-hydroxylation sites is 1. The lowest BCUT2D eigenvalue weighted by Gasteiger charge is -2.20. The molecule has 0 saturated carbocycles. The number of fused-ring (bicyclic) bond motifs is 1. The van der Waals surface area contributed by atoms with Crippen LogP contribution in [-0.4, -0.2) is 58.7 Å². The molecule has 32 heavy (non-hydrogen) atoms. The second-order valence-electron chi connectivity index (χ2n) is 7.19. The van der Waals surface area contributed by atoms with Crippen LogP contribution in [0.15, 0.2) is 62.9 Å². The van der Waals surface area contributed by atoms with E-state index in [4.69, 9.17) is 21.9 Å². The van der Waals surface area contributed by atoms with Crippen LogP contribution in [0, 0.1) is 0 Å². The number of amides is 1. The van der Waals surface area contributed by atoms with Crippen LogP contribution < -0.4 is 4.90 Å². The van der Waals surface area contributed by atoms with Crippen molar-refractivity contribution in [2.75, 3.05) is 30.3 Å². The average Bonchev–Trinajstić information content (AvgIpc) is 3.21. The molecule has 1 amide bonds. The lowest BCUT2D eigenvalue weighted by molar-refractivity contribution is -0.122. The number of thiocarbonyl (C=S) groups is 1. The Bertz CT molecular complexity index is 1100. The van der Waals surface area contributed by atoms with Crippen molar-refractivity contribution in [3.63, 3.8) is 0 Å². The van der Waals surface area contributed by atoms with Crippen LogP contribution in [0.25, 0.3) is 0 Å². The molecule has 0 atom stereocenters. The van der Waals surface area contributed by atoms with Gasteiger partial charge in [-0.25, -0.2) is 0 Å². The van der Waals surface area contributed by atoms with E-state index in [0.717, 1.165) is 21.2 Å². The van der Waals surface area contributed by atoms with Crippen molar-refractivity contribution in [3.8, 4) is 0 Å². The maximum atomic E-state index is 12.6. The number of carbonyl (C=O) groups excluding carboxylic acids is 1. The summed E-state index contributed by atoms with van der Waals surface area (Å²) in [6.45, 7) is 2.75. The zero-order chi connectivity index (χ0) is 23.3. The predicted octanol–water partition coefficient (Wildman–Crippen LogP) is 3.79. The summed E-state index contributed by atoms with van der Waals surface area (Å²) in [4.78, 5) is 17.7. The van der Waals surface area contributed by atoms with Gasteiger partial charge in [-0.3, -0.25) is 14.2 Å². The number of thioether (sulfide) groups is 2. The largest absolute Gasteiger partial charge is 0.396 e. The smallest absolute Gasteiger partial charge is 0.266 e. The second-order valence-corrected chi connectivity index (χ2v) is 11.5. The van der Waals surface area contributed by atoms with Gasteiger partial charge in [-0.15, -0.1) is 0 Å². The van der Waals surface area contributed by atoms with Gasteiger partial charge in [0, 0.05) is 24.6 Å². The fourth-order valence-electron chi connectivity index (χ4n) is 3.19. The van der Waals surface area contributed by atoms with Crippen molar-refractivity contribution in [1.82, 2.24) is 4.90 Å². The summed E-state index contributed by atoms with van der Waals surface area (Å²) in [5.74, 6) is -0.445. The minimum absolute atomic E-state index is 0.00337. The number of allylic oxidation sites excluding steroid dienone is 4. The number of hydrogen-bond acceptors (Lipinski definition) is 8.